The van der Waals surface area contributed by atoms with Gasteiger partial charge in [0.15, 0.2) is 34.5 Å². The van der Waals surface area contributed by atoms with E-state index in [1.54, 1.807) is 0 Å². The van der Waals surface area contributed by atoms with Crippen molar-refractivity contribution in [3.8, 4) is 34.5 Å². The van der Waals surface area contributed by atoms with Crippen LogP contribution < -0.4 is 16.0 Å². The molecule has 3 aliphatic carbocycles. The van der Waals surface area contributed by atoms with Crippen LogP contribution in [-0.4, -0.2) is 66.5 Å². The number of nitrogens with one attached hydrogen (secondary N) is 3. The summed E-state index contributed by atoms with van der Waals surface area (Å²) in [6.07, 6.45) is 3.76. The van der Waals surface area contributed by atoms with Crippen LogP contribution in [0.1, 0.15) is 69.6 Å². The minimum absolute atomic E-state index is 0.0422. The maximum Gasteiger partial charge on any atom is 0.255 e. The van der Waals surface area contributed by atoms with Crippen molar-refractivity contribution in [1.82, 2.24) is 16.0 Å². The molecule has 0 aliphatic heterocycles. The van der Waals surface area contributed by atoms with Gasteiger partial charge in [-0.25, -0.2) is 0 Å². The summed E-state index contributed by atoms with van der Waals surface area (Å²) in [5, 5.41) is 69.6. The molecule has 3 aromatic rings. The molecule has 0 spiro atoms. The van der Waals surface area contributed by atoms with E-state index in [-0.39, 0.29) is 58.5 Å². The van der Waals surface area contributed by atoms with Crippen molar-refractivity contribution in [3.05, 3.63) is 71.3 Å². The summed E-state index contributed by atoms with van der Waals surface area (Å²) in [6.45, 7) is 0. The lowest BCUT2D eigenvalue weighted by molar-refractivity contribution is -0.0215. The molecule has 3 amide bonds. The van der Waals surface area contributed by atoms with Gasteiger partial charge < -0.3 is 46.6 Å². The third kappa shape index (κ3) is 5.94. The number of aromatic hydroxyl groups is 6. The molecule has 3 aromatic carbocycles. The van der Waals surface area contributed by atoms with Crippen LogP contribution in [0.15, 0.2) is 54.6 Å². The number of carbonyl (C=O) groups is 3. The molecule has 3 saturated carbocycles. The standard InChI is InChI=1S/C34H37N3O9/c38-25-7-1-4-22(29(25)41)32(44)35-19-10-16-12-20(36-33(45)23-5-2-8-26(39)30(23)42)14-18-15-21(13-17(11-19)28(16)18)37-34(46)24-6-3-9-27(40)31(24)43/h1-9,16-21,28,38-43H,10-15H2,(H,35,44)(H,36,45)(H,37,46). The van der Waals surface area contributed by atoms with Crippen LogP contribution in [0.4, 0.5) is 0 Å². The normalized spacial score (nSPS) is 26.7. The number of hydrogen-bond acceptors (Lipinski definition) is 9. The molecule has 12 nitrogen and oxygen atoms in total. The van der Waals surface area contributed by atoms with Crippen LogP contribution in [0.25, 0.3) is 0 Å². The predicted molar refractivity (Wildman–Crippen MR) is 165 cm³/mol. The zero-order chi connectivity index (χ0) is 32.7. The average molecular weight is 632 g/mol. The summed E-state index contributed by atoms with van der Waals surface area (Å²) in [6, 6.07) is 11.7. The third-order valence-electron chi connectivity index (χ3n) is 9.94. The van der Waals surface area contributed by atoms with Crippen LogP contribution in [0.5, 0.6) is 34.5 Å². The minimum atomic E-state index is -0.520. The molecule has 0 atom stereocenters. The first-order chi connectivity index (χ1) is 22.0. The Morgan fingerprint density at radius 2 is 0.717 bits per heavy atom. The number of phenols is 6. The number of amides is 3. The Balaban J connectivity index is 1.23. The van der Waals surface area contributed by atoms with Crippen molar-refractivity contribution in [2.24, 2.45) is 23.7 Å². The average Bonchev–Trinajstić information content (AvgIpc) is 3.00. The van der Waals surface area contributed by atoms with E-state index in [4.69, 9.17) is 0 Å². The zero-order valence-corrected chi connectivity index (χ0v) is 24.9. The quantitative estimate of drug-likeness (QED) is 0.182. The van der Waals surface area contributed by atoms with Crippen LogP contribution in [0, 0.1) is 23.7 Å². The van der Waals surface area contributed by atoms with Gasteiger partial charge in [0, 0.05) is 18.1 Å². The summed E-state index contributed by atoms with van der Waals surface area (Å²) < 4.78 is 0. The molecule has 0 bridgehead atoms. The number of carbonyl (C=O) groups excluding carboxylic acids is 3. The van der Waals surface area contributed by atoms with Crippen LogP contribution in [0.2, 0.25) is 0 Å². The largest absolute Gasteiger partial charge is 0.504 e. The molecular formula is C34H37N3O9. The van der Waals surface area contributed by atoms with Crippen molar-refractivity contribution in [1.29, 1.82) is 0 Å². The van der Waals surface area contributed by atoms with Crippen molar-refractivity contribution >= 4 is 17.7 Å². The highest BCUT2D eigenvalue weighted by molar-refractivity contribution is 5.99. The zero-order valence-electron chi connectivity index (χ0n) is 24.9. The van der Waals surface area contributed by atoms with Gasteiger partial charge in [0.2, 0.25) is 0 Å². The molecule has 3 aliphatic rings. The second kappa shape index (κ2) is 12.3. The van der Waals surface area contributed by atoms with E-state index in [1.807, 2.05) is 0 Å². The predicted octanol–water partition coefficient (Wildman–Crippen LogP) is 3.46. The number of rotatable bonds is 6. The summed E-state index contributed by atoms with van der Waals surface area (Å²) in [5.41, 5.74) is -0.127. The second-order valence-electron chi connectivity index (χ2n) is 12.8. The van der Waals surface area contributed by atoms with E-state index in [1.165, 1.54) is 54.6 Å². The molecule has 0 aromatic heterocycles. The van der Waals surface area contributed by atoms with Gasteiger partial charge in [-0.3, -0.25) is 14.4 Å². The molecule has 12 heteroatoms. The van der Waals surface area contributed by atoms with E-state index in [9.17, 15) is 45.0 Å². The Bertz CT molecular complexity index is 1470. The van der Waals surface area contributed by atoms with E-state index in [0.717, 1.165) is 0 Å². The van der Waals surface area contributed by atoms with Gasteiger partial charge >= 0.3 is 0 Å². The highest BCUT2D eigenvalue weighted by atomic mass is 16.3. The molecule has 0 heterocycles. The van der Waals surface area contributed by atoms with Crippen molar-refractivity contribution in [2.75, 3.05) is 0 Å². The maximum atomic E-state index is 13.2. The number of hydrogen-bond donors (Lipinski definition) is 9. The highest BCUT2D eigenvalue weighted by Crippen LogP contribution is 2.53. The fourth-order valence-electron chi connectivity index (χ4n) is 8.15. The molecule has 46 heavy (non-hydrogen) atoms. The van der Waals surface area contributed by atoms with E-state index >= 15 is 0 Å². The summed E-state index contributed by atoms with van der Waals surface area (Å²) in [7, 11) is 0. The number of benzene rings is 3. The first-order valence-corrected chi connectivity index (χ1v) is 15.5. The first-order valence-electron chi connectivity index (χ1n) is 15.5. The Kier molecular flexibility index (Phi) is 8.28. The summed E-state index contributed by atoms with van der Waals surface area (Å²) in [4.78, 5) is 39.6. The lowest BCUT2D eigenvalue weighted by atomic mass is 9.53. The minimum Gasteiger partial charge on any atom is -0.504 e. The fourth-order valence-corrected chi connectivity index (χ4v) is 8.15. The maximum absolute atomic E-state index is 13.2. The SMILES string of the molecule is O=C(NC1CC2CC(NC(=O)c3cccc(O)c3O)CC3CC(NC(=O)c4cccc(O)c4O)CC(C1)C23)c1cccc(O)c1O. The molecule has 0 unspecified atom stereocenters. The third-order valence-corrected chi connectivity index (χ3v) is 9.94. The molecule has 0 radical (unpaired) electrons. The molecule has 6 rings (SSSR count). The van der Waals surface area contributed by atoms with Gasteiger partial charge in [-0.15, -0.1) is 0 Å². The topological polar surface area (TPSA) is 209 Å². The van der Waals surface area contributed by atoms with Gasteiger partial charge in [0.1, 0.15) is 0 Å². The van der Waals surface area contributed by atoms with E-state index in [0.29, 0.717) is 38.5 Å². The summed E-state index contributed by atoms with van der Waals surface area (Å²) >= 11 is 0. The van der Waals surface area contributed by atoms with E-state index < -0.39 is 52.2 Å². The molecule has 9 N–H and O–H groups in total. The summed E-state index contributed by atoms with van der Waals surface area (Å²) in [5.74, 6) is -3.66. The molecule has 3 fully saturated rings. The smallest absolute Gasteiger partial charge is 0.255 e. The number of phenolic OH excluding ortho intramolecular Hbond substituents is 6. The van der Waals surface area contributed by atoms with Gasteiger partial charge in [-0.05, 0) is 98.6 Å². The second-order valence-corrected chi connectivity index (χ2v) is 12.8. The molecule has 0 saturated heterocycles. The van der Waals surface area contributed by atoms with Crippen molar-refractivity contribution < 1.29 is 45.0 Å². The van der Waals surface area contributed by atoms with Crippen LogP contribution >= 0.6 is 0 Å². The molecular weight excluding hydrogens is 594 g/mol. The Morgan fingerprint density at radius 3 is 0.978 bits per heavy atom. The van der Waals surface area contributed by atoms with Gasteiger partial charge in [0.25, 0.3) is 17.7 Å². The van der Waals surface area contributed by atoms with Crippen molar-refractivity contribution in [2.45, 2.75) is 56.7 Å². The van der Waals surface area contributed by atoms with Gasteiger partial charge in [-0.2, -0.15) is 0 Å². The van der Waals surface area contributed by atoms with Crippen molar-refractivity contribution in [3.63, 3.8) is 0 Å². The van der Waals surface area contributed by atoms with Gasteiger partial charge in [-0.1, -0.05) is 18.2 Å². The highest BCUT2D eigenvalue weighted by Gasteiger charge is 2.50. The molecule has 242 valence electrons. The van der Waals surface area contributed by atoms with Crippen LogP contribution in [-0.2, 0) is 0 Å². The van der Waals surface area contributed by atoms with Crippen LogP contribution in [0.3, 0.4) is 0 Å². The first kappa shape index (κ1) is 30.9. The Morgan fingerprint density at radius 1 is 0.457 bits per heavy atom. The van der Waals surface area contributed by atoms with Gasteiger partial charge in [0.05, 0.1) is 16.7 Å². The monoisotopic (exact) mass is 631 g/mol. The van der Waals surface area contributed by atoms with E-state index in [2.05, 4.69) is 16.0 Å². The lowest BCUT2D eigenvalue weighted by Crippen LogP contribution is -2.57. The number of para-hydroxylation sites is 3. The fraction of sp³-hybridized carbons (Fsp3) is 0.382. The lowest BCUT2D eigenvalue weighted by Gasteiger charge is -2.55. The Hall–Kier alpha value is -5.13. The Labute approximate surface area is 264 Å².